The first-order valence-corrected chi connectivity index (χ1v) is 6.82. The van der Waals surface area contributed by atoms with Crippen molar-refractivity contribution in [2.75, 3.05) is 0 Å². The first-order valence-electron chi connectivity index (χ1n) is 6.45. The van der Waals surface area contributed by atoms with Crippen molar-refractivity contribution in [1.82, 2.24) is 9.97 Å². The van der Waals surface area contributed by atoms with E-state index < -0.39 is 10.9 Å². The van der Waals surface area contributed by atoms with E-state index in [0.717, 1.165) is 5.56 Å². The highest BCUT2D eigenvalue weighted by Gasteiger charge is 2.11. The molecule has 22 heavy (non-hydrogen) atoms. The number of nitrogens with zero attached hydrogens (tertiary/aromatic N) is 3. The maximum atomic E-state index is 11.2. The van der Waals surface area contributed by atoms with E-state index in [1.165, 1.54) is 18.3 Å². The number of nitro benzene ring substituents is 1. The van der Waals surface area contributed by atoms with Gasteiger partial charge in [0, 0.05) is 25.0 Å². The van der Waals surface area contributed by atoms with Crippen molar-refractivity contribution >= 4 is 23.3 Å². The number of hydrogen-bond donors (Lipinski definition) is 0. The number of esters is 1. The highest BCUT2D eigenvalue weighted by molar-refractivity contribution is 6.30. The molecule has 1 aromatic heterocycles. The molecule has 0 aliphatic heterocycles. The summed E-state index contributed by atoms with van der Waals surface area (Å²) >= 11 is 5.95. The zero-order chi connectivity index (χ0) is 16.1. The van der Waals surface area contributed by atoms with Crippen LogP contribution in [0.2, 0.25) is 5.15 Å². The Balaban J connectivity index is 2.11. The standard InChI is InChI=1S/C14H12ClN3O4/c1-2-13(19)22-11-8-16-12(17-14(11)15)7-9-3-5-10(6-4-9)18(20)21/h3-6,8H,2,7H2,1H3. The van der Waals surface area contributed by atoms with Gasteiger partial charge in [0.15, 0.2) is 10.9 Å². The summed E-state index contributed by atoms with van der Waals surface area (Å²) in [7, 11) is 0. The smallest absolute Gasteiger partial charge is 0.311 e. The molecule has 0 aliphatic rings. The van der Waals surface area contributed by atoms with Gasteiger partial charge in [0.25, 0.3) is 5.69 Å². The van der Waals surface area contributed by atoms with Crippen LogP contribution in [0, 0.1) is 10.1 Å². The Hall–Kier alpha value is -2.54. The van der Waals surface area contributed by atoms with Crippen LogP contribution in [-0.4, -0.2) is 20.9 Å². The van der Waals surface area contributed by atoms with E-state index in [2.05, 4.69) is 9.97 Å². The van der Waals surface area contributed by atoms with Crippen molar-refractivity contribution in [1.29, 1.82) is 0 Å². The molecule has 0 bridgehead atoms. The Morgan fingerprint density at radius 2 is 2.05 bits per heavy atom. The molecule has 1 heterocycles. The molecule has 0 spiro atoms. The van der Waals surface area contributed by atoms with Crippen LogP contribution in [0.25, 0.3) is 0 Å². The van der Waals surface area contributed by atoms with Gasteiger partial charge in [0.05, 0.1) is 11.1 Å². The monoisotopic (exact) mass is 321 g/mol. The quantitative estimate of drug-likeness (QED) is 0.363. The molecule has 0 radical (unpaired) electrons. The lowest BCUT2D eigenvalue weighted by Gasteiger charge is -2.06. The number of nitro groups is 1. The Morgan fingerprint density at radius 1 is 1.36 bits per heavy atom. The zero-order valence-corrected chi connectivity index (χ0v) is 12.4. The Morgan fingerprint density at radius 3 is 2.59 bits per heavy atom. The summed E-state index contributed by atoms with van der Waals surface area (Å²) in [5.41, 5.74) is 0.824. The number of ether oxygens (including phenoxy) is 1. The van der Waals surface area contributed by atoms with Crippen molar-refractivity contribution in [3.63, 3.8) is 0 Å². The fourth-order valence-corrected chi connectivity index (χ4v) is 1.84. The van der Waals surface area contributed by atoms with Gasteiger partial charge in [-0.2, -0.15) is 0 Å². The van der Waals surface area contributed by atoms with Crippen LogP contribution in [0.15, 0.2) is 30.5 Å². The van der Waals surface area contributed by atoms with Gasteiger partial charge in [0.2, 0.25) is 0 Å². The van der Waals surface area contributed by atoms with Crippen LogP contribution in [0.4, 0.5) is 5.69 Å². The maximum Gasteiger partial charge on any atom is 0.311 e. The minimum Gasteiger partial charge on any atom is -0.422 e. The SMILES string of the molecule is CCC(=O)Oc1cnc(Cc2ccc([N+](=O)[O-])cc2)nc1Cl. The van der Waals surface area contributed by atoms with Crippen LogP contribution >= 0.6 is 11.6 Å². The zero-order valence-electron chi connectivity index (χ0n) is 11.7. The van der Waals surface area contributed by atoms with Crippen molar-refractivity contribution in [3.05, 3.63) is 57.1 Å². The second kappa shape index (κ2) is 6.95. The van der Waals surface area contributed by atoms with Gasteiger partial charge >= 0.3 is 5.97 Å². The first kappa shape index (κ1) is 15.8. The number of carbonyl (C=O) groups excluding carboxylic acids is 1. The van der Waals surface area contributed by atoms with Gasteiger partial charge in [0.1, 0.15) is 5.82 Å². The van der Waals surface area contributed by atoms with Gasteiger partial charge in [-0.25, -0.2) is 9.97 Å². The summed E-state index contributed by atoms with van der Waals surface area (Å²) < 4.78 is 4.97. The minimum atomic E-state index is -0.464. The lowest BCUT2D eigenvalue weighted by atomic mass is 10.1. The third-order valence-electron chi connectivity index (χ3n) is 2.78. The number of carbonyl (C=O) groups is 1. The van der Waals surface area contributed by atoms with E-state index in [1.54, 1.807) is 19.1 Å². The molecule has 0 aliphatic carbocycles. The molecular weight excluding hydrogens is 310 g/mol. The third-order valence-corrected chi connectivity index (χ3v) is 3.05. The van der Waals surface area contributed by atoms with Gasteiger partial charge in [-0.15, -0.1) is 0 Å². The second-order valence-corrected chi connectivity index (χ2v) is 4.73. The van der Waals surface area contributed by atoms with Gasteiger partial charge in [-0.1, -0.05) is 30.7 Å². The molecule has 7 nitrogen and oxygen atoms in total. The number of non-ortho nitro benzene ring substituents is 1. The maximum absolute atomic E-state index is 11.2. The van der Waals surface area contributed by atoms with Crippen molar-refractivity contribution in [3.8, 4) is 5.75 Å². The Bertz CT molecular complexity index is 704. The summed E-state index contributed by atoms with van der Waals surface area (Å²) in [6.45, 7) is 1.67. The molecule has 1 aromatic carbocycles. The van der Waals surface area contributed by atoms with Crippen LogP contribution in [-0.2, 0) is 11.2 Å². The molecule has 0 unspecified atom stereocenters. The van der Waals surface area contributed by atoms with E-state index in [4.69, 9.17) is 16.3 Å². The molecule has 0 saturated heterocycles. The van der Waals surface area contributed by atoms with Crippen LogP contribution < -0.4 is 4.74 Å². The number of aromatic nitrogens is 2. The third kappa shape index (κ3) is 3.98. The minimum absolute atomic E-state index is 0.0181. The fraction of sp³-hybridized carbons (Fsp3) is 0.214. The molecule has 0 N–H and O–H groups in total. The normalized spacial score (nSPS) is 10.3. The van der Waals surface area contributed by atoms with Gasteiger partial charge in [-0.05, 0) is 5.56 Å². The molecule has 0 fully saturated rings. The van der Waals surface area contributed by atoms with E-state index in [9.17, 15) is 14.9 Å². The molecule has 0 atom stereocenters. The van der Waals surface area contributed by atoms with E-state index in [1.807, 2.05) is 0 Å². The summed E-state index contributed by atoms with van der Waals surface area (Å²) in [5, 5.41) is 10.6. The van der Waals surface area contributed by atoms with Crippen LogP contribution in [0.1, 0.15) is 24.7 Å². The van der Waals surface area contributed by atoms with E-state index in [-0.39, 0.29) is 23.0 Å². The number of rotatable bonds is 5. The summed E-state index contributed by atoms with van der Waals surface area (Å²) in [6, 6.07) is 6.07. The number of benzene rings is 1. The average molecular weight is 322 g/mol. The van der Waals surface area contributed by atoms with Crippen LogP contribution in [0.5, 0.6) is 5.75 Å². The highest BCUT2D eigenvalue weighted by Crippen LogP contribution is 2.22. The van der Waals surface area contributed by atoms with Crippen molar-refractivity contribution in [2.24, 2.45) is 0 Å². The van der Waals surface area contributed by atoms with E-state index in [0.29, 0.717) is 12.2 Å². The summed E-state index contributed by atoms with van der Waals surface area (Å²) in [6.07, 6.45) is 1.92. The van der Waals surface area contributed by atoms with Crippen molar-refractivity contribution < 1.29 is 14.5 Å². The number of halogens is 1. The molecule has 2 rings (SSSR count). The molecule has 0 saturated carbocycles. The lowest BCUT2D eigenvalue weighted by Crippen LogP contribution is -2.08. The first-order chi connectivity index (χ1) is 10.5. The lowest BCUT2D eigenvalue weighted by molar-refractivity contribution is -0.384. The predicted octanol–water partition coefficient (Wildman–Crippen LogP) is 2.94. The second-order valence-electron chi connectivity index (χ2n) is 4.37. The molecule has 114 valence electrons. The predicted molar refractivity (Wildman–Crippen MR) is 78.9 cm³/mol. The fourth-order valence-electron chi connectivity index (χ4n) is 1.65. The molecule has 8 heteroatoms. The summed E-state index contributed by atoms with van der Waals surface area (Å²) in [5.74, 6) is 0.115. The average Bonchev–Trinajstić information content (AvgIpc) is 2.50. The highest BCUT2D eigenvalue weighted by atomic mass is 35.5. The van der Waals surface area contributed by atoms with Gasteiger partial charge in [-0.3, -0.25) is 14.9 Å². The van der Waals surface area contributed by atoms with Crippen LogP contribution in [0.3, 0.4) is 0 Å². The van der Waals surface area contributed by atoms with Gasteiger partial charge < -0.3 is 4.74 Å². The van der Waals surface area contributed by atoms with Crippen molar-refractivity contribution in [2.45, 2.75) is 19.8 Å². The molecule has 0 amide bonds. The molecular formula is C14H12ClN3O4. The number of hydrogen-bond acceptors (Lipinski definition) is 6. The topological polar surface area (TPSA) is 95.2 Å². The van der Waals surface area contributed by atoms with E-state index >= 15 is 0 Å². The summed E-state index contributed by atoms with van der Waals surface area (Å²) in [4.78, 5) is 29.5. The molecule has 2 aromatic rings. The Kier molecular flexibility index (Phi) is 5.00. The largest absolute Gasteiger partial charge is 0.422 e. The Labute approximate surface area is 131 Å².